The monoisotopic (exact) mass is 291 g/mol. The maximum absolute atomic E-state index is 12.5. The number of rotatable bonds is 4. The van der Waals surface area contributed by atoms with Gasteiger partial charge in [0.2, 0.25) is 5.91 Å². The van der Waals surface area contributed by atoms with Crippen LogP contribution in [0.5, 0.6) is 0 Å². The predicted molar refractivity (Wildman–Crippen MR) is 74.6 cm³/mol. The first kappa shape index (κ1) is 16.4. The Morgan fingerprint density at radius 1 is 1.42 bits per heavy atom. The lowest BCUT2D eigenvalue weighted by molar-refractivity contribution is -0.137. The van der Waals surface area contributed by atoms with E-state index in [1.54, 1.807) is 11.8 Å². The number of sulfone groups is 1. The molecule has 1 aliphatic heterocycles. The molecule has 112 valence electrons. The van der Waals surface area contributed by atoms with Gasteiger partial charge < -0.3 is 10.0 Å². The van der Waals surface area contributed by atoms with Crippen LogP contribution in [0.3, 0.4) is 0 Å². The van der Waals surface area contributed by atoms with Crippen molar-refractivity contribution < 1.29 is 18.3 Å². The fraction of sp³-hybridized carbons (Fsp3) is 0.923. The molecular weight excluding hydrogens is 266 g/mol. The number of nitrogens with zero attached hydrogens (tertiary/aromatic N) is 1. The highest BCUT2D eigenvalue weighted by molar-refractivity contribution is 7.92. The number of amides is 1. The highest BCUT2D eigenvalue weighted by Crippen LogP contribution is 2.27. The molecule has 1 fully saturated rings. The summed E-state index contributed by atoms with van der Waals surface area (Å²) in [5.41, 5.74) is 0. The topological polar surface area (TPSA) is 74.7 Å². The number of carbonyl (C=O) groups is 1. The second kappa shape index (κ2) is 5.79. The number of likely N-dealkylation sites (tertiary alicyclic amines) is 1. The van der Waals surface area contributed by atoms with Crippen LogP contribution in [0.4, 0.5) is 0 Å². The molecule has 5 nitrogen and oxygen atoms in total. The lowest BCUT2D eigenvalue weighted by atomic mass is 9.95. The van der Waals surface area contributed by atoms with Gasteiger partial charge in [0, 0.05) is 18.8 Å². The van der Waals surface area contributed by atoms with Gasteiger partial charge in [-0.25, -0.2) is 8.42 Å². The number of aliphatic hydroxyl groups excluding tert-OH is 1. The number of hydrogen-bond donors (Lipinski definition) is 1. The summed E-state index contributed by atoms with van der Waals surface area (Å²) in [7, 11) is -3.46. The molecule has 0 aromatic carbocycles. The van der Waals surface area contributed by atoms with Crippen molar-refractivity contribution in [1.29, 1.82) is 0 Å². The van der Waals surface area contributed by atoms with Gasteiger partial charge in [0.1, 0.15) is 4.75 Å². The van der Waals surface area contributed by atoms with Crippen molar-refractivity contribution in [1.82, 2.24) is 4.90 Å². The average molecular weight is 291 g/mol. The Kier molecular flexibility index (Phi) is 5.01. The zero-order valence-electron chi connectivity index (χ0n) is 12.2. The Morgan fingerprint density at radius 3 is 2.47 bits per heavy atom. The minimum absolute atomic E-state index is 0.0534. The number of piperidine rings is 1. The maximum atomic E-state index is 12.5. The predicted octanol–water partition coefficient (Wildman–Crippen LogP) is 0.962. The molecule has 6 heteroatoms. The quantitative estimate of drug-likeness (QED) is 0.837. The Morgan fingerprint density at radius 2 is 2.00 bits per heavy atom. The first-order valence-corrected chi connectivity index (χ1v) is 8.65. The van der Waals surface area contributed by atoms with E-state index >= 15 is 0 Å². The third kappa shape index (κ3) is 3.69. The molecule has 0 spiro atoms. The normalized spacial score (nSPS) is 23.2. The summed E-state index contributed by atoms with van der Waals surface area (Å²) in [6.45, 7) is 5.19. The van der Waals surface area contributed by atoms with Crippen LogP contribution < -0.4 is 0 Å². The van der Waals surface area contributed by atoms with E-state index in [1.807, 2.05) is 0 Å². The molecule has 1 heterocycles. The maximum Gasteiger partial charge on any atom is 0.243 e. The van der Waals surface area contributed by atoms with Crippen LogP contribution in [0.2, 0.25) is 0 Å². The minimum atomic E-state index is -3.46. The summed E-state index contributed by atoms with van der Waals surface area (Å²) in [5, 5.41) is 9.51. The summed E-state index contributed by atoms with van der Waals surface area (Å²) in [6, 6.07) is -0.0534. The summed E-state index contributed by atoms with van der Waals surface area (Å²) >= 11 is 0. The van der Waals surface area contributed by atoms with E-state index in [4.69, 9.17) is 0 Å². The highest BCUT2D eigenvalue weighted by atomic mass is 32.2. The smallest absolute Gasteiger partial charge is 0.243 e. The first-order chi connectivity index (χ1) is 8.57. The molecule has 19 heavy (non-hydrogen) atoms. The Labute approximate surface area is 115 Å². The zero-order valence-corrected chi connectivity index (χ0v) is 13.0. The van der Waals surface area contributed by atoms with Crippen molar-refractivity contribution in [2.75, 3.05) is 12.8 Å². The molecule has 1 saturated heterocycles. The van der Waals surface area contributed by atoms with Crippen LogP contribution >= 0.6 is 0 Å². The van der Waals surface area contributed by atoms with Crippen molar-refractivity contribution in [3.63, 3.8) is 0 Å². The summed E-state index contributed by atoms with van der Waals surface area (Å²) in [4.78, 5) is 14.2. The molecule has 1 amide bonds. The van der Waals surface area contributed by atoms with Crippen LogP contribution in [0, 0.1) is 0 Å². The van der Waals surface area contributed by atoms with Crippen LogP contribution in [0.1, 0.15) is 46.5 Å². The van der Waals surface area contributed by atoms with E-state index in [0.717, 1.165) is 25.5 Å². The van der Waals surface area contributed by atoms with Gasteiger partial charge >= 0.3 is 0 Å². The molecule has 2 atom stereocenters. The second-order valence-electron chi connectivity index (χ2n) is 6.02. The Balaban J connectivity index is 2.95. The molecule has 0 aromatic rings. The van der Waals surface area contributed by atoms with Crippen molar-refractivity contribution in [2.45, 2.75) is 63.3 Å². The Bertz CT molecular complexity index is 428. The highest BCUT2D eigenvalue weighted by Gasteiger charge is 2.43. The fourth-order valence-electron chi connectivity index (χ4n) is 2.41. The van der Waals surface area contributed by atoms with Crippen LogP contribution in [0.15, 0.2) is 0 Å². The lowest BCUT2D eigenvalue weighted by Gasteiger charge is -2.40. The van der Waals surface area contributed by atoms with Crippen LogP contribution in [0.25, 0.3) is 0 Å². The molecule has 0 aromatic heterocycles. The molecular formula is C13H25NO4S. The average Bonchev–Trinajstić information content (AvgIpc) is 2.26. The molecule has 0 bridgehead atoms. The molecule has 2 unspecified atom stereocenters. The molecule has 1 rings (SSSR count). The Hall–Kier alpha value is -0.620. The third-order valence-electron chi connectivity index (χ3n) is 3.94. The van der Waals surface area contributed by atoms with E-state index in [0.29, 0.717) is 13.0 Å². The van der Waals surface area contributed by atoms with Crippen molar-refractivity contribution in [3.05, 3.63) is 0 Å². The number of aliphatic hydroxyl groups is 1. The van der Waals surface area contributed by atoms with Gasteiger partial charge in [-0.2, -0.15) is 0 Å². The van der Waals surface area contributed by atoms with Crippen molar-refractivity contribution in [2.24, 2.45) is 0 Å². The molecule has 0 saturated carbocycles. The zero-order chi connectivity index (χ0) is 14.8. The van der Waals surface area contributed by atoms with E-state index in [9.17, 15) is 18.3 Å². The summed E-state index contributed by atoms with van der Waals surface area (Å²) in [6.07, 6.45) is 3.85. The first-order valence-electron chi connectivity index (χ1n) is 6.76. The van der Waals surface area contributed by atoms with Gasteiger partial charge in [-0.3, -0.25) is 4.79 Å². The van der Waals surface area contributed by atoms with E-state index < -0.39 is 20.7 Å². The van der Waals surface area contributed by atoms with Crippen molar-refractivity contribution >= 4 is 15.7 Å². The molecule has 1 N–H and O–H groups in total. The van der Waals surface area contributed by atoms with Gasteiger partial charge in [-0.15, -0.1) is 0 Å². The van der Waals surface area contributed by atoms with Crippen LogP contribution in [-0.4, -0.2) is 54.0 Å². The lowest BCUT2D eigenvalue weighted by Crippen LogP contribution is -2.55. The van der Waals surface area contributed by atoms with E-state index in [1.165, 1.54) is 13.8 Å². The van der Waals surface area contributed by atoms with E-state index in [-0.39, 0.29) is 11.9 Å². The van der Waals surface area contributed by atoms with Gasteiger partial charge in [-0.05, 0) is 46.5 Å². The second-order valence-corrected chi connectivity index (χ2v) is 8.58. The van der Waals surface area contributed by atoms with E-state index in [2.05, 4.69) is 0 Å². The largest absolute Gasteiger partial charge is 0.393 e. The standard InChI is InChI=1S/C13H25NO4S/c1-10(15)9-11-7-5-6-8-14(11)12(16)13(2,3)19(4,17)18/h10-11,15H,5-9H2,1-4H3. The van der Waals surface area contributed by atoms with Gasteiger partial charge in [0.15, 0.2) is 9.84 Å². The third-order valence-corrected chi connectivity index (χ3v) is 5.97. The molecule has 0 radical (unpaired) electrons. The van der Waals surface area contributed by atoms with Crippen molar-refractivity contribution in [3.8, 4) is 0 Å². The fourth-order valence-corrected chi connectivity index (χ4v) is 2.85. The van der Waals surface area contributed by atoms with Gasteiger partial charge in [0.25, 0.3) is 0 Å². The SMILES string of the molecule is CC(O)CC1CCCCN1C(=O)C(C)(C)S(C)(=O)=O. The molecule has 1 aliphatic rings. The summed E-state index contributed by atoms with van der Waals surface area (Å²) < 4.78 is 22.1. The number of carbonyl (C=O) groups excluding carboxylic acids is 1. The molecule has 0 aliphatic carbocycles. The van der Waals surface area contributed by atoms with Gasteiger partial charge in [-0.1, -0.05) is 0 Å². The van der Waals surface area contributed by atoms with Gasteiger partial charge in [0.05, 0.1) is 6.10 Å². The summed E-state index contributed by atoms with van der Waals surface area (Å²) in [5.74, 6) is -0.347. The minimum Gasteiger partial charge on any atom is -0.393 e. The van der Waals surface area contributed by atoms with Crippen LogP contribution in [-0.2, 0) is 14.6 Å². The number of hydrogen-bond acceptors (Lipinski definition) is 4.